The first-order chi connectivity index (χ1) is 7.20. The third-order valence-electron chi connectivity index (χ3n) is 3.12. The molecule has 1 aromatic heterocycles. The van der Waals surface area contributed by atoms with Gasteiger partial charge in [-0.25, -0.2) is 4.98 Å². The predicted octanol–water partition coefficient (Wildman–Crippen LogP) is 2.69. The molecule has 0 aromatic carbocycles. The Morgan fingerprint density at radius 2 is 2.13 bits per heavy atom. The largest absolute Gasteiger partial charge is 0.306 e. The van der Waals surface area contributed by atoms with Crippen molar-refractivity contribution in [2.75, 3.05) is 20.1 Å². The van der Waals surface area contributed by atoms with Crippen LogP contribution in [-0.4, -0.2) is 30.0 Å². The molecule has 0 atom stereocenters. The quantitative estimate of drug-likeness (QED) is 0.803. The molecule has 0 spiro atoms. The lowest BCUT2D eigenvalue weighted by atomic mass is 9.98. The second-order valence-electron chi connectivity index (χ2n) is 4.30. The molecule has 0 unspecified atom stereocenters. The molecule has 1 aromatic rings. The number of thiazole rings is 1. The van der Waals surface area contributed by atoms with Gasteiger partial charge >= 0.3 is 0 Å². The van der Waals surface area contributed by atoms with Gasteiger partial charge in [-0.05, 0) is 39.9 Å². The van der Waals surface area contributed by atoms with E-state index in [1.165, 1.54) is 41.5 Å². The van der Waals surface area contributed by atoms with E-state index in [4.69, 9.17) is 0 Å². The first-order valence-corrected chi connectivity index (χ1v) is 6.91. The van der Waals surface area contributed by atoms with Crippen LogP contribution in [0.2, 0.25) is 0 Å². The van der Waals surface area contributed by atoms with Gasteiger partial charge in [0.05, 0.1) is 10.7 Å². The van der Waals surface area contributed by atoms with Crippen LogP contribution in [0, 0.1) is 6.92 Å². The van der Waals surface area contributed by atoms with E-state index < -0.39 is 0 Å². The van der Waals surface area contributed by atoms with Crippen LogP contribution >= 0.6 is 24.0 Å². The minimum atomic E-state index is 0.693. The van der Waals surface area contributed by atoms with Gasteiger partial charge in [-0.15, -0.1) is 11.3 Å². The molecule has 2 nitrogen and oxygen atoms in total. The number of aromatic nitrogens is 1. The van der Waals surface area contributed by atoms with Crippen LogP contribution in [0.1, 0.15) is 34.3 Å². The first kappa shape index (κ1) is 11.4. The average molecular weight is 242 g/mol. The van der Waals surface area contributed by atoms with Crippen LogP contribution in [0.25, 0.3) is 0 Å². The zero-order chi connectivity index (χ0) is 10.8. The molecule has 0 saturated carbocycles. The van der Waals surface area contributed by atoms with Gasteiger partial charge < -0.3 is 4.90 Å². The van der Waals surface area contributed by atoms with Crippen molar-refractivity contribution in [3.05, 3.63) is 15.6 Å². The SMILES string of the molecule is Cc1nc(C2CCN(C)CC2)sc1CS. The lowest BCUT2D eigenvalue weighted by Gasteiger charge is -2.27. The fourth-order valence-corrected chi connectivity index (χ4v) is 3.55. The second kappa shape index (κ2) is 4.85. The van der Waals surface area contributed by atoms with Crippen LogP contribution in [0.15, 0.2) is 0 Å². The predicted molar refractivity (Wildman–Crippen MR) is 69.0 cm³/mol. The molecule has 1 fully saturated rings. The van der Waals surface area contributed by atoms with E-state index in [9.17, 15) is 0 Å². The summed E-state index contributed by atoms with van der Waals surface area (Å²) in [5.74, 6) is 1.52. The molecular formula is C11H18N2S2. The minimum absolute atomic E-state index is 0.693. The number of likely N-dealkylation sites (tertiary alicyclic amines) is 1. The molecule has 0 radical (unpaired) electrons. The van der Waals surface area contributed by atoms with Gasteiger partial charge in [-0.2, -0.15) is 12.6 Å². The number of aryl methyl sites for hydroxylation is 1. The number of rotatable bonds is 2. The summed E-state index contributed by atoms with van der Waals surface area (Å²) in [4.78, 5) is 8.42. The Morgan fingerprint density at radius 3 is 2.67 bits per heavy atom. The average Bonchev–Trinajstić information content (AvgIpc) is 2.61. The van der Waals surface area contributed by atoms with Crippen LogP contribution in [0.3, 0.4) is 0 Å². The minimum Gasteiger partial charge on any atom is -0.306 e. The van der Waals surface area contributed by atoms with E-state index >= 15 is 0 Å². The number of nitrogens with zero attached hydrogens (tertiary/aromatic N) is 2. The maximum Gasteiger partial charge on any atom is 0.0963 e. The van der Waals surface area contributed by atoms with Crippen molar-refractivity contribution in [3.8, 4) is 0 Å². The van der Waals surface area contributed by atoms with Gasteiger partial charge in [-0.1, -0.05) is 0 Å². The van der Waals surface area contributed by atoms with Crippen molar-refractivity contribution in [1.82, 2.24) is 9.88 Å². The molecule has 15 heavy (non-hydrogen) atoms. The normalized spacial score (nSPS) is 19.7. The summed E-state index contributed by atoms with van der Waals surface area (Å²) in [6.07, 6.45) is 2.52. The van der Waals surface area contributed by atoms with Gasteiger partial charge in [-0.3, -0.25) is 0 Å². The lowest BCUT2D eigenvalue weighted by molar-refractivity contribution is 0.255. The van der Waals surface area contributed by atoms with Crippen LogP contribution in [0.5, 0.6) is 0 Å². The van der Waals surface area contributed by atoms with E-state index in [1.54, 1.807) is 0 Å². The Labute approximate surface area is 101 Å². The Bertz CT molecular complexity index is 327. The van der Waals surface area contributed by atoms with E-state index in [0.717, 1.165) is 5.75 Å². The van der Waals surface area contributed by atoms with Crippen molar-refractivity contribution in [3.63, 3.8) is 0 Å². The van der Waals surface area contributed by atoms with Crippen molar-refractivity contribution in [2.24, 2.45) is 0 Å². The van der Waals surface area contributed by atoms with Gasteiger partial charge in [0.25, 0.3) is 0 Å². The zero-order valence-electron chi connectivity index (χ0n) is 9.36. The summed E-state index contributed by atoms with van der Waals surface area (Å²) in [6.45, 7) is 4.51. The van der Waals surface area contributed by atoms with Crippen LogP contribution in [0.4, 0.5) is 0 Å². The molecule has 0 N–H and O–H groups in total. The topological polar surface area (TPSA) is 16.1 Å². The van der Waals surface area contributed by atoms with Crippen molar-refractivity contribution < 1.29 is 0 Å². The van der Waals surface area contributed by atoms with E-state index in [1.807, 2.05) is 11.3 Å². The fraction of sp³-hybridized carbons (Fsp3) is 0.727. The maximum atomic E-state index is 4.68. The number of piperidine rings is 1. The third-order valence-corrected chi connectivity index (χ3v) is 4.97. The Kier molecular flexibility index (Phi) is 3.69. The Hall–Kier alpha value is -0.0600. The summed E-state index contributed by atoms with van der Waals surface area (Å²) in [5, 5.41) is 1.34. The monoisotopic (exact) mass is 242 g/mol. The Morgan fingerprint density at radius 1 is 1.47 bits per heavy atom. The summed E-state index contributed by atoms with van der Waals surface area (Å²) in [5.41, 5.74) is 1.18. The standard InChI is InChI=1S/C11H18N2S2/c1-8-10(7-14)15-11(12-8)9-3-5-13(2)6-4-9/h9,14H,3-7H2,1-2H3. The maximum absolute atomic E-state index is 4.68. The van der Waals surface area contributed by atoms with Gasteiger partial charge in [0, 0.05) is 16.5 Å². The molecule has 0 bridgehead atoms. The highest BCUT2D eigenvalue weighted by Gasteiger charge is 2.21. The molecule has 4 heteroatoms. The summed E-state index contributed by atoms with van der Waals surface area (Å²) >= 11 is 6.19. The Balaban J connectivity index is 2.09. The van der Waals surface area contributed by atoms with E-state index in [0.29, 0.717) is 5.92 Å². The highest BCUT2D eigenvalue weighted by molar-refractivity contribution is 7.79. The summed E-state index contributed by atoms with van der Waals surface area (Å²) in [7, 11) is 2.20. The molecule has 1 aliphatic rings. The fourth-order valence-electron chi connectivity index (χ4n) is 2.03. The van der Waals surface area contributed by atoms with Crippen LogP contribution < -0.4 is 0 Å². The van der Waals surface area contributed by atoms with Crippen LogP contribution in [-0.2, 0) is 5.75 Å². The summed E-state index contributed by atoms with van der Waals surface area (Å²) in [6, 6.07) is 0. The summed E-state index contributed by atoms with van der Waals surface area (Å²) < 4.78 is 0. The second-order valence-corrected chi connectivity index (χ2v) is 5.73. The molecule has 2 rings (SSSR count). The van der Waals surface area contributed by atoms with Gasteiger partial charge in [0.15, 0.2) is 0 Å². The first-order valence-electron chi connectivity index (χ1n) is 5.46. The third kappa shape index (κ3) is 2.55. The number of hydrogen-bond donors (Lipinski definition) is 1. The molecule has 1 aliphatic heterocycles. The van der Waals surface area contributed by atoms with E-state index in [-0.39, 0.29) is 0 Å². The highest BCUT2D eigenvalue weighted by Crippen LogP contribution is 2.32. The molecule has 0 aliphatic carbocycles. The molecule has 0 amide bonds. The molecule has 84 valence electrons. The van der Waals surface area contributed by atoms with Crippen molar-refractivity contribution in [1.29, 1.82) is 0 Å². The van der Waals surface area contributed by atoms with Crippen molar-refractivity contribution >= 4 is 24.0 Å². The lowest BCUT2D eigenvalue weighted by Crippen LogP contribution is -2.29. The van der Waals surface area contributed by atoms with E-state index in [2.05, 4.69) is 36.5 Å². The van der Waals surface area contributed by atoms with Crippen molar-refractivity contribution in [2.45, 2.75) is 31.4 Å². The smallest absolute Gasteiger partial charge is 0.0963 e. The van der Waals surface area contributed by atoms with Gasteiger partial charge in [0.1, 0.15) is 0 Å². The highest BCUT2D eigenvalue weighted by atomic mass is 32.1. The number of hydrogen-bond acceptors (Lipinski definition) is 4. The van der Waals surface area contributed by atoms with Gasteiger partial charge in [0.2, 0.25) is 0 Å². The number of thiol groups is 1. The molecule has 1 saturated heterocycles. The molecule has 2 heterocycles. The zero-order valence-corrected chi connectivity index (χ0v) is 11.1. The molecular weight excluding hydrogens is 224 g/mol.